The van der Waals surface area contributed by atoms with E-state index in [1.165, 1.54) is 13.8 Å². The number of aliphatic hydroxyl groups is 1. The minimum absolute atomic E-state index is 0.338. The number of nitrogens with one attached hydrogen (secondary N) is 1. The Kier molecular flexibility index (Phi) is 7.11. The van der Waals surface area contributed by atoms with Crippen LogP contribution in [-0.4, -0.2) is 66.2 Å². The fourth-order valence-corrected chi connectivity index (χ4v) is 2.31. The zero-order chi connectivity index (χ0) is 18.4. The molecule has 5 atom stereocenters. The summed E-state index contributed by atoms with van der Waals surface area (Å²) in [6.45, 7) is 4.28. The molecule has 0 radical (unpaired) electrons. The number of rotatable bonds is 5. The fraction of sp³-hybridized carbons (Fsp3) is 0.714. The highest BCUT2D eigenvalue weighted by molar-refractivity contribution is 5.73. The van der Waals surface area contributed by atoms with Crippen LogP contribution in [0.5, 0.6) is 0 Å². The van der Waals surface area contributed by atoms with Crippen molar-refractivity contribution < 1.29 is 43.2 Å². The predicted molar refractivity (Wildman–Crippen MR) is 76.2 cm³/mol. The Morgan fingerprint density at radius 3 is 1.96 bits per heavy atom. The Hall–Kier alpha value is -2.20. The molecule has 24 heavy (non-hydrogen) atoms. The molecule has 1 aliphatic heterocycles. The summed E-state index contributed by atoms with van der Waals surface area (Å²) >= 11 is 0. The Morgan fingerprint density at radius 1 is 0.958 bits per heavy atom. The van der Waals surface area contributed by atoms with E-state index in [-0.39, 0.29) is 6.61 Å². The molecule has 10 heteroatoms. The van der Waals surface area contributed by atoms with Gasteiger partial charge in [-0.2, -0.15) is 0 Å². The van der Waals surface area contributed by atoms with Gasteiger partial charge in [-0.25, -0.2) is 0 Å². The Morgan fingerprint density at radius 2 is 1.50 bits per heavy atom. The van der Waals surface area contributed by atoms with Gasteiger partial charge in [-0.05, 0) is 0 Å². The van der Waals surface area contributed by atoms with Gasteiger partial charge in [0.15, 0.2) is 18.5 Å². The predicted octanol–water partition coefficient (Wildman–Crippen LogP) is -1.37. The summed E-state index contributed by atoms with van der Waals surface area (Å²) in [6, 6.07) is -1.16. The van der Waals surface area contributed by atoms with Gasteiger partial charge in [0.05, 0.1) is 0 Å². The molecular weight excluding hydrogens is 326 g/mol. The summed E-state index contributed by atoms with van der Waals surface area (Å²) in [5.41, 5.74) is 0. The summed E-state index contributed by atoms with van der Waals surface area (Å²) in [5.74, 6) is -2.54. The molecule has 1 unspecified atom stereocenters. The van der Waals surface area contributed by atoms with E-state index in [2.05, 4.69) is 5.32 Å². The van der Waals surface area contributed by atoms with Crippen LogP contribution in [0.2, 0.25) is 0 Å². The van der Waals surface area contributed by atoms with Crippen molar-refractivity contribution in [3.8, 4) is 0 Å². The van der Waals surface area contributed by atoms with E-state index < -0.39 is 54.5 Å². The van der Waals surface area contributed by atoms with E-state index in [1.807, 2.05) is 0 Å². The van der Waals surface area contributed by atoms with Crippen molar-refractivity contribution in [3.63, 3.8) is 0 Å². The molecule has 1 amide bonds. The number of hydrogen-bond donors (Lipinski definition) is 2. The monoisotopic (exact) mass is 347 g/mol. The molecule has 0 aliphatic carbocycles. The normalized spacial score (nSPS) is 29.3. The third-order valence-electron chi connectivity index (χ3n) is 3.09. The highest BCUT2D eigenvalue weighted by atomic mass is 16.7. The lowest BCUT2D eigenvalue weighted by Crippen LogP contribution is -2.66. The number of carbonyl (C=O) groups excluding carboxylic acids is 4. The van der Waals surface area contributed by atoms with E-state index in [9.17, 15) is 24.3 Å². The van der Waals surface area contributed by atoms with E-state index in [0.717, 1.165) is 13.8 Å². The Bertz CT molecular complexity index is 506. The maximum Gasteiger partial charge on any atom is 0.303 e. The van der Waals surface area contributed by atoms with Gasteiger partial charge in [0.1, 0.15) is 18.8 Å². The van der Waals surface area contributed by atoms with E-state index in [4.69, 9.17) is 18.9 Å². The second kappa shape index (κ2) is 8.60. The van der Waals surface area contributed by atoms with Crippen LogP contribution in [0.4, 0.5) is 0 Å². The number of ether oxygens (including phenoxy) is 4. The van der Waals surface area contributed by atoms with Crippen LogP contribution in [0.15, 0.2) is 0 Å². The van der Waals surface area contributed by atoms with Crippen molar-refractivity contribution in [1.29, 1.82) is 0 Å². The Labute approximate surface area is 138 Å². The van der Waals surface area contributed by atoms with Crippen molar-refractivity contribution in [2.75, 3.05) is 6.61 Å². The van der Waals surface area contributed by atoms with Crippen molar-refractivity contribution in [2.45, 2.75) is 58.3 Å². The quantitative estimate of drug-likeness (QED) is 0.456. The second-order valence-electron chi connectivity index (χ2n) is 5.24. The van der Waals surface area contributed by atoms with Gasteiger partial charge in [0.25, 0.3) is 0 Å². The van der Waals surface area contributed by atoms with Crippen LogP contribution in [-0.2, 0) is 38.1 Å². The van der Waals surface area contributed by atoms with Crippen LogP contribution in [0.3, 0.4) is 0 Å². The number of esters is 3. The lowest BCUT2D eigenvalue weighted by molar-refractivity contribution is -0.264. The first kappa shape index (κ1) is 19.8. The number of carbonyl (C=O) groups is 4. The van der Waals surface area contributed by atoms with Crippen molar-refractivity contribution in [1.82, 2.24) is 5.32 Å². The van der Waals surface area contributed by atoms with Crippen LogP contribution in [0.1, 0.15) is 27.7 Å². The molecule has 1 fully saturated rings. The van der Waals surface area contributed by atoms with Crippen molar-refractivity contribution >= 4 is 23.8 Å². The smallest absolute Gasteiger partial charge is 0.303 e. The van der Waals surface area contributed by atoms with Crippen LogP contribution in [0, 0.1) is 0 Å². The van der Waals surface area contributed by atoms with Gasteiger partial charge in [-0.1, -0.05) is 0 Å². The molecule has 1 heterocycles. The average Bonchev–Trinajstić information content (AvgIpc) is 2.42. The summed E-state index contributed by atoms with van der Waals surface area (Å²) in [4.78, 5) is 45.0. The Balaban J connectivity index is 3.11. The summed E-state index contributed by atoms with van der Waals surface area (Å²) in [6.07, 6.45) is -5.06. The lowest BCUT2D eigenvalue weighted by Gasteiger charge is -2.43. The molecule has 1 rings (SSSR count). The largest absolute Gasteiger partial charge is 0.463 e. The lowest BCUT2D eigenvalue weighted by atomic mass is 9.96. The van der Waals surface area contributed by atoms with E-state index >= 15 is 0 Å². The highest BCUT2D eigenvalue weighted by Crippen LogP contribution is 2.26. The number of aliphatic hydroxyl groups excluding tert-OH is 1. The van der Waals surface area contributed by atoms with E-state index in [0.29, 0.717) is 0 Å². The molecule has 2 N–H and O–H groups in total. The minimum Gasteiger partial charge on any atom is -0.463 e. The van der Waals surface area contributed by atoms with Crippen LogP contribution >= 0.6 is 0 Å². The molecule has 0 bridgehead atoms. The number of hydrogen-bond acceptors (Lipinski definition) is 9. The third-order valence-corrected chi connectivity index (χ3v) is 3.09. The van der Waals surface area contributed by atoms with Gasteiger partial charge >= 0.3 is 17.9 Å². The highest BCUT2D eigenvalue weighted by Gasteiger charge is 2.50. The van der Waals surface area contributed by atoms with Crippen molar-refractivity contribution in [2.24, 2.45) is 0 Å². The molecule has 136 valence electrons. The average molecular weight is 347 g/mol. The standard InChI is InChI=1S/C14H21NO9/c1-6(16)15-11-13(23-9(4)19)12(22-8(3)18)10(24-14(11)20)5-21-7(2)17/h10-14,20H,5H2,1-4H3,(H,15,16)/t10?,11-,12+,13+,14+/m0/s1. The van der Waals surface area contributed by atoms with Crippen LogP contribution in [0.25, 0.3) is 0 Å². The molecule has 10 nitrogen and oxygen atoms in total. The first-order valence-corrected chi connectivity index (χ1v) is 7.20. The molecule has 0 saturated carbocycles. The molecule has 1 saturated heterocycles. The zero-order valence-corrected chi connectivity index (χ0v) is 13.8. The molecule has 1 aliphatic rings. The summed E-state index contributed by atoms with van der Waals surface area (Å²) < 4.78 is 20.3. The second-order valence-corrected chi connectivity index (χ2v) is 5.24. The van der Waals surface area contributed by atoms with Gasteiger partial charge in [-0.15, -0.1) is 0 Å². The molecular formula is C14H21NO9. The SMILES string of the molecule is CC(=O)N[C@H]1[C@@H](OC(C)=O)[C@H](OC(C)=O)C(COC(C)=O)O[C@H]1O. The molecule has 0 aromatic rings. The summed E-state index contributed by atoms with van der Waals surface area (Å²) in [5, 5.41) is 12.5. The fourth-order valence-electron chi connectivity index (χ4n) is 2.31. The summed E-state index contributed by atoms with van der Waals surface area (Å²) in [7, 11) is 0. The first-order valence-electron chi connectivity index (χ1n) is 7.20. The zero-order valence-electron chi connectivity index (χ0n) is 13.8. The molecule has 0 aromatic carbocycles. The number of amides is 1. The third kappa shape index (κ3) is 5.78. The maximum absolute atomic E-state index is 11.4. The van der Waals surface area contributed by atoms with Gasteiger partial charge in [0, 0.05) is 27.7 Å². The minimum atomic E-state index is -1.56. The molecule has 0 aromatic heterocycles. The van der Waals surface area contributed by atoms with Gasteiger partial charge in [0.2, 0.25) is 5.91 Å². The molecule has 0 spiro atoms. The van der Waals surface area contributed by atoms with E-state index in [1.54, 1.807) is 0 Å². The topological polar surface area (TPSA) is 137 Å². The van der Waals surface area contributed by atoms with Gasteiger partial charge < -0.3 is 29.4 Å². The van der Waals surface area contributed by atoms with Gasteiger partial charge in [-0.3, -0.25) is 19.2 Å². The van der Waals surface area contributed by atoms with Crippen molar-refractivity contribution in [3.05, 3.63) is 0 Å². The van der Waals surface area contributed by atoms with Crippen LogP contribution < -0.4 is 5.32 Å². The maximum atomic E-state index is 11.4. The first-order chi connectivity index (χ1) is 11.1.